The van der Waals surface area contributed by atoms with Crippen molar-refractivity contribution in [1.82, 2.24) is 5.32 Å². The van der Waals surface area contributed by atoms with Gasteiger partial charge in [0.2, 0.25) is 5.82 Å². The van der Waals surface area contributed by atoms with Gasteiger partial charge < -0.3 is 19.9 Å². The first-order chi connectivity index (χ1) is 11.5. The number of nitro groups is 1. The third-order valence-electron chi connectivity index (χ3n) is 2.95. The number of hydrogen-bond acceptors (Lipinski definition) is 7. The number of hydrogen-bond donors (Lipinski definition) is 2. The lowest BCUT2D eigenvalue weighted by molar-refractivity contribution is -0.387. The summed E-state index contributed by atoms with van der Waals surface area (Å²) in [6.07, 6.45) is -2.72. The number of aliphatic hydroxyl groups excluding tert-OH is 1. The van der Waals surface area contributed by atoms with E-state index >= 15 is 0 Å². The number of ether oxygens (including phenoxy) is 2. The molecule has 0 bridgehead atoms. The Hall–Kier alpha value is -2.75. The van der Waals surface area contributed by atoms with Gasteiger partial charge in [0.1, 0.15) is 11.7 Å². The minimum atomic E-state index is -1.72. The Labute approximate surface area is 142 Å². The molecule has 0 aromatic heterocycles. The number of nitrogens with zero attached hydrogens (tertiary/aromatic N) is 1. The summed E-state index contributed by atoms with van der Waals surface area (Å²) in [5, 5.41) is 23.2. The molecule has 138 valence electrons. The van der Waals surface area contributed by atoms with Crippen LogP contribution in [0.15, 0.2) is 18.2 Å². The first-order valence-electron chi connectivity index (χ1n) is 7.15. The second-order valence-corrected chi connectivity index (χ2v) is 6.06. The largest absolute Gasteiger partial charge is 0.467 e. The fourth-order valence-electron chi connectivity index (χ4n) is 1.87. The zero-order valence-corrected chi connectivity index (χ0v) is 14.1. The van der Waals surface area contributed by atoms with Crippen molar-refractivity contribution in [2.45, 2.75) is 38.5 Å². The molecular weight excluding hydrogens is 339 g/mol. The normalized spacial score (nSPS) is 13.5. The van der Waals surface area contributed by atoms with Crippen LogP contribution in [0.3, 0.4) is 0 Å². The summed E-state index contributed by atoms with van der Waals surface area (Å²) in [5.41, 5.74) is -1.89. The lowest BCUT2D eigenvalue weighted by Crippen LogP contribution is -2.47. The van der Waals surface area contributed by atoms with Gasteiger partial charge >= 0.3 is 17.7 Å². The SMILES string of the molecule is COC(=O)[C@@H](NC(=O)OC(C)(C)C)[C@H](O)c1ccc(F)c([N+](=O)[O-])c1. The maximum atomic E-state index is 13.4. The fourth-order valence-corrected chi connectivity index (χ4v) is 1.87. The Morgan fingerprint density at radius 1 is 1.36 bits per heavy atom. The predicted octanol–water partition coefficient (Wildman–Crippen LogP) is 1.83. The van der Waals surface area contributed by atoms with E-state index in [-0.39, 0.29) is 5.56 Å². The topological polar surface area (TPSA) is 128 Å². The molecule has 0 saturated heterocycles. The predicted molar refractivity (Wildman–Crippen MR) is 83.2 cm³/mol. The van der Waals surface area contributed by atoms with Crippen LogP contribution in [0.4, 0.5) is 14.9 Å². The third-order valence-corrected chi connectivity index (χ3v) is 2.95. The molecule has 0 spiro atoms. The van der Waals surface area contributed by atoms with Gasteiger partial charge in [-0.2, -0.15) is 4.39 Å². The Kier molecular flexibility index (Phi) is 6.40. The molecule has 0 saturated carbocycles. The van der Waals surface area contributed by atoms with Gasteiger partial charge in [-0.05, 0) is 32.4 Å². The molecule has 1 amide bonds. The lowest BCUT2D eigenvalue weighted by Gasteiger charge is -2.25. The van der Waals surface area contributed by atoms with Crippen LogP contribution in [0, 0.1) is 15.9 Å². The number of halogens is 1. The average molecular weight is 358 g/mol. The van der Waals surface area contributed by atoms with Crippen molar-refractivity contribution >= 4 is 17.7 Å². The molecule has 1 aromatic carbocycles. The summed E-state index contributed by atoms with van der Waals surface area (Å²) < 4.78 is 22.9. The van der Waals surface area contributed by atoms with Crippen molar-refractivity contribution in [3.8, 4) is 0 Å². The molecular formula is C15H19FN2O7. The van der Waals surface area contributed by atoms with Gasteiger partial charge in [0, 0.05) is 6.07 Å². The van der Waals surface area contributed by atoms with Crippen molar-refractivity contribution in [2.24, 2.45) is 0 Å². The highest BCUT2D eigenvalue weighted by atomic mass is 19.1. The zero-order valence-electron chi connectivity index (χ0n) is 14.1. The maximum Gasteiger partial charge on any atom is 0.408 e. The van der Waals surface area contributed by atoms with E-state index in [2.05, 4.69) is 10.1 Å². The van der Waals surface area contributed by atoms with E-state index in [4.69, 9.17) is 4.74 Å². The molecule has 0 aliphatic carbocycles. The van der Waals surface area contributed by atoms with Crippen molar-refractivity contribution in [1.29, 1.82) is 0 Å². The molecule has 0 unspecified atom stereocenters. The number of alkyl carbamates (subject to hydrolysis) is 1. The number of carbonyl (C=O) groups is 2. The minimum absolute atomic E-state index is 0.153. The van der Waals surface area contributed by atoms with Crippen LogP contribution in [0.25, 0.3) is 0 Å². The Bertz CT molecular complexity index is 672. The average Bonchev–Trinajstić information content (AvgIpc) is 2.49. The molecule has 0 aliphatic heterocycles. The van der Waals surface area contributed by atoms with Crippen LogP contribution in [0.1, 0.15) is 32.4 Å². The highest BCUT2D eigenvalue weighted by Gasteiger charge is 2.33. The molecule has 1 aromatic rings. The van der Waals surface area contributed by atoms with Crippen LogP contribution in [0.5, 0.6) is 0 Å². The smallest absolute Gasteiger partial charge is 0.408 e. The monoisotopic (exact) mass is 358 g/mol. The number of carbonyl (C=O) groups excluding carboxylic acids is 2. The lowest BCUT2D eigenvalue weighted by atomic mass is 10.0. The maximum absolute atomic E-state index is 13.4. The number of nitrogens with one attached hydrogen (secondary N) is 1. The van der Waals surface area contributed by atoms with E-state index in [0.717, 1.165) is 25.3 Å². The summed E-state index contributed by atoms with van der Waals surface area (Å²) in [6.45, 7) is 4.79. The van der Waals surface area contributed by atoms with Crippen molar-refractivity contribution in [2.75, 3.05) is 7.11 Å². The third kappa shape index (κ3) is 5.68. The molecule has 25 heavy (non-hydrogen) atoms. The van der Waals surface area contributed by atoms with E-state index < -0.39 is 46.2 Å². The van der Waals surface area contributed by atoms with Gasteiger partial charge in [-0.25, -0.2) is 9.59 Å². The number of amides is 1. The first-order valence-corrected chi connectivity index (χ1v) is 7.15. The fraction of sp³-hybridized carbons (Fsp3) is 0.467. The van der Waals surface area contributed by atoms with Crippen LogP contribution in [-0.2, 0) is 14.3 Å². The second kappa shape index (κ2) is 7.88. The van der Waals surface area contributed by atoms with Gasteiger partial charge in [-0.1, -0.05) is 6.07 Å². The van der Waals surface area contributed by atoms with Crippen LogP contribution in [-0.4, -0.2) is 40.8 Å². The van der Waals surface area contributed by atoms with Gasteiger partial charge in [0.15, 0.2) is 6.04 Å². The Morgan fingerprint density at radius 3 is 2.44 bits per heavy atom. The summed E-state index contributed by atoms with van der Waals surface area (Å²) in [7, 11) is 1.03. The van der Waals surface area contributed by atoms with Gasteiger partial charge in [-0.15, -0.1) is 0 Å². The standard InChI is InChI=1S/C15H19FN2O7/c1-15(2,3)25-14(21)17-11(13(20)24-4)12(19)8-5-6-9(16)10(7-8)18(22)23/h5-7,11-12,19H,1-4H3,(H,17,21)/t11-,12+/m0/s1. The molecule has 10 heteroatoms. The summed E-state index contributed by atoms with van der Waals surface area (Å²) in [5.74, 6) is -2.11. The van der Waals surface area contributed by atoms with Crippen molar-refractivity contribution < 1.29 is 33.5 Å². The summed E-state index contributed by atoms with van der Waals surface area (Å²) in [4.78, 5) is 33.5. The minimum Gasteiger partial charge on any atom is -0.467 e. The highest BCUT2D eigenvalue weighted by Crippen LogP contribution is 2.25. The number of aliphatic hydroxyl groups is 1. The Balaban J connectivity index is 3.11. The van der Waals surface area contributed by atoms with Crippen molar-refractivity contribution in [3.63, 3.8) is 0 Å². The highest BCUT2D eigenvalue weighted by molar-refractivity contribution is 5.82. The molecule has 0 heterocycles. The van der Waals surface area contributed by atoms with Gasteiger partial charge in [-0.3, -0.25) is 10.1 Å². The van der Waals surface area contributed by atoms with Crippen LogP contribution < -0.4 is 5.32 Å². The summed E-state index contributed by atoms with van der Waals surface area (Å²) >= 11 is 0. The molecule has 0 aliphatic rings. The second-order valence-electron chi connectivity index (χ2n) is 6.06. The number of benzene rings is 1. The first kappa shape index (κ1) is 20.3. The Morgan fingerprint density at radius 2 is 1.96 bits per heavy atom. The van der Waals surface area contributed by atoms with E-state index in [1.54, 1.807) is 20.8 Å². The van der Waals surface area contributed by atoms with E-state index in [0.29, 0.717) is 0 Å². The number of methoxy groups -OCH3 is 1. The molecule has 9 nitrogen and oxygen atoms in total. The number of nitro benzene ring substituents is 1. The molecule has 2 atom stereocenters. The van der Waals surface area contributed by atoms with Crippen LogP contribution in [0.2, 0.25) is 0 Å². The van der Waals surface area contributed by atoms with E-state index in [9.17, 15) is 29.2 Å². The summed E-state index contributed by atoms with van der Waals surface area (Å²) in [6, 6.07) is 0.996. The van der Waals surface area contributed by atoms with Crippen molar-refractivity contribution in [3.05, 3.63) is 39.7 Å². The van der Waals surface area contributed by atoms with Crippen LogP contribution >= 0.6 is 0 Å². The molecule has 1 rings (SSSR count). The zero-order chi connectivity index (χ0) is 19.4. The van der Waals surface area contributed by atoms with E-state index in [1.165, 1.54) is 0 Å². The molecule has 2 N–H and O–H groups in total. The molecule has 0 radical (unpaired) electrons. The number of esters is 1. The van der Waals surface area contributed by atoms with Gasteiger partial charge in [0.25, 0.3) is 0 Å². The number of rotatable bonds is 5. The quantitative estimate of drug-likeness (QED) is 0.467. The van der Waals surface area contributed by atoms with E-state index in [1.807, 2.05) is 0 Å². The molecule has 0 fully saturated rings. The van der Waals surface area contributed by atoms with Gasteiger partial charge in [0.05, 0.1) is 12.0 Å².